The second-order valence-corrected chi connectivity index (χ2v) is 10.1. The molecule has 0 fully saturated rings. The second kappa shape index (κ2) is 12.6. The van der Waals surface area contributed by atoms with Gasteiger partial charge >= 0.3 is 0 Å². The van der Waals surface area contributed by atoms with E-state index in [1.807, 2.05) is 72.8 Å². The lowest BCUT2D eigenvalue weighted by Crippen LogP contribution is -2.34. The van der Waals surface area contributed by atoms with Gasteiger partial charge in [-0.15, -0.1) is 0 Å². The van der Waals surface area contributed by atoms with Crippen LogP contribution in [0, 0.1) is 0 Å². The second-order valence-electron chi connectivity index (χ2n) is 10.1. The van der Waals surface area contributed by atoms with Crippen molar-refractivity contribution in [1.29, 1.82) is 0 Å². The lowest BCUT2D eigenvalue weighted by Gasteiger charge is -2.20. The van der Waals surface area contributed by atoms with Gasteiger partial charge in [0.05, 0.1) is 0 Å². The first-order valence-electron chi connectivity index (χ1n) is 13.4. The number of nitrogens with two attached hydrogens (primary N) is 2. The number of benzene rings is 4. The van der Waals surface area contributed by atoms with Gasteiger partial charge in [-0.25, -0.2) is 11.7 Å². The van der Waals surface area contributed by atoms with Crippen LogP contribution in [0.2, 0.25) is 0 Å². The van der Waals surface area contributed by atoms with Crippen LogP contribution in [0.15, 0.2) is 72.8 Å². The molecule has 42 heavy (non-hydrogen) atoms. The summed E-state index contributed by atoms with van der Waals surface area (Å²) >= 11 is 0. The molecule has 0 aliphatic heterocycles. The molecule has 0 aromatic heterocycles. The Morgan fingerprint density at radius 1 is 0.548 bits per heavy atom. The Bertz CT molecular complexity index is 1430. The molecule has 4 aromatic carbocycles. The lowest BCUT2D eigenvalue weighted by molar-refractivity contribution is -0.123. The van der Waals surface area contributed by atoms with Gasteiger partial charge in [0.15, 0.2) is 13.2 Å². The third-order valence-electron chi connectivity index (χ3n) is 7.30. The summed E-state index contributed by atoms with van der Waals surface area (Å²) in [6.45, 7) is -0.587. The Labute approximate surface area is 242 Å². The molecule has 0 radical (unpaired) electrons. The molecule has 1 aliphatic carbocycles. The number of hydrazine groups is 2. The van der Waals surface area contributed by atoms with Crippen molar-refractivity contribution in [3.05, 3.63) is 117 Å². The van der Waals surface area contributed by atoms with E-state index in [4.69, 9.17) is 21.2 Å². The minimum Gasteiger partial charge on any atom is -0.507 e. The van der Waals surface area contributed by atoms with Crippen LogP contribution >= 0.6 is 0 Å². The van der Waals surface area contributed by atoms with E-state index in [9.17, 15) is 19.8 Å². The van der Waals surface area contributed by atoms with Gasteiger partial charge in [-0.2, -0.15) is 0 Å². The van der Waals surface area contributed by atoms with Crippen molar-refractivity contribution >= 4 is 11.8 Å². The quantitative estimate of drug-likeness (QED) is 0.103. The number of para-hydroxylation sites is 4. The van der Waals surface area contributed by atoms with Gasteiger partial charge in [0, 0.05) is 25.7 Å². The average molecular weight is 569 g/mol. The molecule has 216 valence electrons. The zero-order valence-electron chi connectivity index (χ0n) is 22.9. The molecule has 0 saturated heterocycles. The van der Waals surface area contributed by atoms with Crippen molar-refractivity contribution in [3.63, 3.8) is 0 Å². The number of phenols is 2. The van der Waals surface area contributed by atoms with E-state index in [1.165, 1.54) is 0 Å². The largest absolute Gasteiger partial charge is 0.507 e. The Kier molecular flexibility index (Phi) is 8.56. The zero-order chi connectivity index (χ0) is 29.6. The summed E-state index contributed by atoms with van der Waals surface area (Å²) in [4.78, 5) is 23.9. The Morgan fingerprint density at radius 3 is 1.07 bits per heavy atom. The maximum absolute atomic E-state index is 12.0. The standard InChI is InChI=1S/C32H32N4O6/c33-35-27(37)17-41-31-23-9-3-11-25(31)15-21-7-2-8-22(30(21)40)16-26-12-4-10-24(32(26)42-18-28(38)36-34)14-20-6-1-5-19(13-23)29(20)39/h1-12,39-40H,13-18,33-34H2,(H,35,37)(H,36,38). The number of amides is 2. The highest BCUT2D eigenvalue weighted by Gasteiger charge is 2.20. The van der Waals surface area contributed by atoms with Gasteiger partial charge in [0.25, 0.3) is 11.8 Å². The number of hydrogen-bond acceptors (Lipinski definition) is 8. The molecule has 0 unspecified atom stereocenters. The molecule has 8 bridgehead atoms. The molecule has 10 nitrogen and oxygen atoms in total. The minimum absolute atomic E-state index is 0.125. The monoisotopic (exact) mass is 568 g/mol. The van der Waals surface area contributed by atoms with Crippen LogP contribution in [0.1, 0.15) is 44.5 Å². The van der Waals surface area contributed by atoms with Gasteiger partial charge in [-0.05, 0) is 44.5 Å². The molecule has 10 heteroatoms. The van der Waals surface area contributed by atoms with Crippen LogP contribution in [0.4, 0.5) is 0 Å². The van der Waals surface area contributed by atoms with Crippen molar-refractivity contribution < 1.29 is 29.3 Å². The number of aromatic hydroxyl groups is 2. The molecule has 0 atom stereocenters. The van der Waals surface area contributed by atoms with Crippen LogP contribution in [-0.4, -0.2) is 35.2 Å². The fraction of sp³-hybridized carbons (Fsp3) is 0.188. The smallest absolute Gasteiger partial charge is 0.271 e. The van der Waals surface area contributed by atoms with Crippen LogP contribution < -0.4 is 32.0 Å². The van der Waals surface area contributed by atoms with E-state index in [0.29, 0.717) is 59.4 Å². The first kappa shape index (κ1) is 28.5. The topological polar surface area (TPSA) is 169 Å². The molecule has 8 N–H and O–H groups in total. The molecule has 0 spiro atoms. The van der Waals surface area contributed by atoms with Gasteiger partial charge in [0.1, 0.15) is 23.0 Å². The number of ether oxygens (including phenoxy) is 2. The predicted octanol–water partition coefficient (Wildman–Crippen LogP) is 2.51. The number of carbonyl (C=O) groups is 2. The average Bonchev–Trinajstić information content (AvgIpc) is 2.99. The first-order valence-corrected chi connectivity index (χ1v) is 13.4. The molecular weight excluding hydrogens is 536 g/mol. The predicted molar refractivity (Wildman–Crippen MR) is 156 cm³/mol. The molecule has 4 aromatic rings. The molecule has 0 saturated carbocycles. The Balaban J connectivity index is 1.67. The number of carbonyl (C=O) groups excluding carboxylic acids is 2. The highest BCUT2D eigenvalue weighted by atomic mass is 16.5. The number of phenolic OH excluding ortho intramolecular Hbond substituents is 2. The van der Waals surface area contributed by atoms with Gasteiger partial charge in [-0.3, -0.25) is 20.4 Å². The van der Waals surface area contributed by atoms with Crippen LogP contribution in [0.5, 0.6) is 23.0 Å². The van der Waals surface area contributed by atoms with Crippen molar-refractivity contribution in [2.24, 2.45) is 11.7 Å². The summed E-state index contributed by atoms with van der Waals surface area (Å²) in [5.74, 6) is 10.8. The molecule has 5 rings (SSSR count). The van der Waals surface area contributed by atoms with E-state index >= 15 is 0 Å². The number of rotatable bonds is 6. The van der Waals surface area contributed by atoms with Crippen molar-refractivity contribution in [2.75, 3.05) is 13.2 Å². The maximum Gasteiger partial charge on any atom is 0.271 e. The van der Waals surface area contributed by atoms with E-state index in [1.54, 1.807) is 0 Å². The maximum atomic E-state index is 12.0. The number of hydrogen-bond donors (Lipinski definition) is 6. The summed E-state index contributed by atoms with van der Waals surface area (Å²) in [5.41, 5.74) is 9.83. The van der Waals surface area contributed by atoms with Gasteiger partial charge in [-0.1, -0.05) is 72.8 Å². The van der Waals surface area contributed by atoms with E-state index in [0.717, 1.165) is 22.3 Å². The zero-order valence-corrected chi connectivity index (χ0v) is 22.9. The minimum atomic E-state index is -0.490. The Hall–Kier alpha value is -5.06. The van der Waals surface area contributed by atoms with Crippen molar-refractivity contribution in [2.45, 2.75) is 25.7 Å². The van der Waals surface area contributed by atoms with Crippen LogP contribution in [-0.2, 0) is 35.3 Å². The van der Waals surface area contributed by atoms with E-state index in [-0.39, 0.29) is 24.7 Å². The van der Waals surface area contributed by atoms with E-state index in [2.05, 4.69) is 10.9 Å². The lowest BCUT2D eigenvalue weighted by atomic mass is 9.91. The normalized spacial score (nSPS) is 12.2. The SMILES string of the molecule is NNC(=O)COc1c2cccc1Cc1cccc(c1O)Cc1cccc(c1OCC(=O)NN)Cc1cccc(c1O)C2. The summed E-state index contributed by atoms with van der Waals surface area (Å²) in [6, 6.07) is 22.4. The molecule has 2 amide bonds. The third kappa shape index (κ3) is 6.14. The number of nitrogens with one attached hydrogen (secondary N) is 2. The fourth-order valence-electron chi connectivity index (χ4n) is 5.24. The highest BCUT2D eigenvalue weighted by molar-refractivity contribution is 5.77. The van der Waals surface area contributed by atoms with E-state index < -0.39 is 11.8 Å². The highest BCUT2D eigenvalue weighted by Crippen LogP contribution is 2.37. The summed E-state index contributed by atoms with van der Waals surface area (Å²) in [7, 11) is 0. The Morgan fingerprint density at radius 2 is 0.810 bits per heavy atom. The third-order valence-corrected chi connectivity index (χ3v) is 7.30. The summed E-state index contributed by atoms with van der Waals surface area (Å²) < 4.78 is 12.0. The van der Waals surface area contributed by atoms with Crippen LogP contribution in [0.3, 0.4) is 0 Å². The molecular formula is C32H32N4O6. The van der Waals surface area contributed by atoms with Gasteiger partial charge < -0.3 is 19.7 Å². The first-order chi connectivity index (χ1) is 20.4. The van der Waals surface area contributed by atoms with Crippen LogP contribution in [0.25, 0.3) is 0 Å². The molecule has 1 aliphatic rings. The number of fused-ring (bicyclic) bond motifs is 8. The summed E-state index contributed by atoms with van der Waals surface area (Å²) in [5, 5.41) is 22.8. The van der Waals surface area contributed by atoms with Gasteiger partial charge in [0.2, 0.25) is 0 Å². The van der Waals surface area contributed by atoms with Crippen molar-refractivity contribution in [3.8, 4) is 23.0 Å². The molecule has 0 heterocycles. The summed E-state index contributed by atoms with van der Waals surface area (Å²) in [6.07, 6.45) is 1.27. The van der Waals surface area contributed by atoms with Crippen molar-refractivity contribution in [1.82, 2.24) is 10.9 Å². The fourth-order valence-corrected chi connectivity index (χ4v) is 5.24.